The molecule has 0 saturated heterocycles. The maximum absolute atomic E-state index is 12.9. The lowest BCUT2D eigenvalue weighted by molar-refractivity contribution is -0.385. The van der Waals surface area contributed by atoms with E-state index in [1.165, 1.54) is 23.9 Å². The highest BCUT2D eigenvalue weighted by molar-refractivity contribution is 7.99. The van der Waals surface area contributed by atoms with E-state index in [4.69, 9.17) is 0 Å². The molecule has 0 unspecified atom stereocenters. The topological polar surface area (TPSA) is 76.3 Å². The Kier molecular flexibility index (Phi) is 4.29. The average Bonchev–Trinajstić information content (AvgIpc) is 2.67. The highest BCUT2D eigenvalue weighted by atomic mass is 32.2. The number of non-ortho nitro benzene ring substituents is 1. The first-order valence-corrected chi connectivity index (χ1v) is 8.16. The fourth-order valence-electron chi connectivity index (χ4n) is 2.45. The smallest absolute Gasteiger partial charge is 0.270 e. The molecule has 1 aromatic carbocycles. The highest BCUT2D eigenvalue weighted by Gasteiger charge is 2.28. The number of benzene rings is 1. The summed E-state index contributed by atoms with van der Waals surface area (Å²) >= 11 is 1.30. The molecule has 6 nitrogen and oxygen atoms in total. The van der Waals surface area contributed by atoms with Gasteiger partial charge < -0.3 is 4.90 Å². The number of unbranched alkanes of at least 4 members (excludes halogenated alkanes) is 1. The van der Waals surface area contributed by atoms with Crippen molar-refractivity contribution >= 4 is 29.0 Å². The van der Waals surface area contributed by atoms with E-state index >= 15 is 0 Å². The molecule has 3 rings (SSSR count). The van der Waals surface area contributed by atoms with Crippen LogP contribution in [0.1, 0.15) is 30.1 Å². The van der Waals surface area contributed by atoms with Crippen LogP contribution in [0.25, 0.3) is 0 Å². The molecule has 1 aliphatic heterocycles. The summed E-state index contributed by atoms with van der Waals surface area (Å²) in [5.74, 6) is -0.110. The van der Waals surface area contributed by atoms with Gasteiger partial charge in [0.25, 0.3) is 11.6 Å². The minimum absolute atomic E-state index is 0.0125. The number of nitro benzene ring substituents is 1. The van der Waals surface area contributed by atoms with Crippen molar-refractivity contribution in [2.45, 2.75) is 29.7 Å². The number of carbonyl (C=O) groups excluding carboxylic acids is 1. The fraction of sp³-hybridized carbons (Fsp3) is 0.250. The van der Waals surface area contributed by atoms with Gasteiger partial charge in [-0.1, -0.05) is 25.1 Å². The van der Waals surface area contributed by atoms with Crippen molar-refractivity contribution in [3.05, 3.63) is 52.2 Å². The van der Waals surface area contributed by atoms with Crippen molar-refractivity contribution in [3.8, 4) is 0 Å². The Morgan fingerprint density at radius 3 is 2.91 bits per heavy atom. The standard InChI is InChI=1S/C16H15N3O3S/c1-2-3-9-18-13-7-6-11(19(21)22)10-14(13)23-15-12(16(18)20)5-4-8-17-15/h4-8,10H,2-3,9H2,1H3. The van der Waals surface area contributed by atoms with Crippen molar-refractivity contribution in [1.82, 2.24) is 4.98 Å². The zero-order valence-corrected chi connectivity index (χ0v) is 13.4. The Bertz CT molecular complexity index is 779. The number of pyridine rings is 1. The second kappa shape index (κ2) is 6.37. The van der Waals surface area contributed by atoms with Crippen molar-refractivity contribution in [2.75, 3.05) is 11.4 Å². The maximum atomic E-state index is 12.9. The largest absolute Gasteiger partial charge is 0.307 e. The number of hydrogen-bond acceptors (Lipinski definition) is 5. The van der Waals surface area contributed by atoms with Crippen LogP contribution < -0.4 is 4.90 Å². The molecule has 0 aliphatic carbocycles. The van der Waals surface area contributed by atoms with Gasteiger partial charge in [-0.15, -0.1) is 0 Å². The molecule has 0 bridgehead atoms. The molecule has 0 spiro atoms. The summed E-state index contributed by atoms with van der Waals surface area (Å²) in [4.78, 5) is 30.1. The number of fused-ring (bicyclic) bond motifs is 2. The number of carbonyl (C=O) groups is 1. The molecule has 0 N–H and O–H groups in total. The van der Waals surface area contributed by atoms with Crippen LogP contribution in [0.15, 0.2) is 46.5 Å². The second-order valence-corrected chi connectivity index (χ2v) is 6.21. The van der Waals surface area contributed by atoms with E-state index in [9.17, 15) is 14.9 Å². The molecule has 23 heavy (non-hydrogen) atoms. The number of rotatable bonds is 4. The monoisotopic (exact) mass is 329 g/mol. The Morgan fingerprint density at radius 2 is 2.17 bits per heavy atom. The van der Waals surface area contributed by atoms with Gasteiger partial charge in [0.1, 0.15) is 5.03 Å². The third-order valence-corrected chi connectivity index (χ3v) is 4.70. The van der Waals surface area contributed by atoms with Gasteiger partial charge in [-0.25, -0.2) is 4.98 Å². The van der Waals surface area contributed by atoms with E-state index in [0.717, 1.165) is 12.8 Å². The fourth-order valence-corrected chi connectivity index (χ4v) is 3.50. The van der Waals surface area contributed by atoms with E-state index in [1.807, 2.05) is 0 Å². The minimum Gasteiger partial charge on any atom is -0.307 e. The predicted octanol–water partition coefficient (Wildman–Crippen LogP) is 3.90. The lowest BCUT2D eigenvalue weighted by atomic mass is 10.2. The van der Waals surface area contributed by atoms with Gasteiger partial charge >= 0.3 is 0 Å². The second-order valence-electron chi connectivity index (χ2n) is 5.18. The van der Waals surface area contributed by atoms with Gasteiger partial charge in [0, 0.05) is 29.8 Å². The van der Waals surface area contributed by atoms with Crippen LogP contribution >= 0.6 is 11.8 Å². The Labute approximate surface area is 137 Å². The molecule has 1 aliphatic rings. The number of anilines is 1. The zero-order valence-electron chi connectivity index (χ0n) is 12.6. The van der Waals surface area contributed by atoms with Crippen LogP contribution in [0.4, 0.5) is 11.4 Å². The number of amides is 1. The molecular weight excluding hydrogens is 314 g/mol. The van der Waals surface area contributed by atoms with Gasteiger partial charge in [-0.3, -0.25) is 14.9 Å². The van der Waals surface area contributed by atoms with Crippen molar-refractivity contribution in [1.29, 1.82) is 0 Å². The molecule has 118 valence electrons. The van der Waals surface area contributed by atoms with Crippen LogP contribution in [-0.2, 0) is 0 Å². The van der Waals surface area contributed by atoms with Crippen LogP contribution in [0.2, 0.25) is 0 Å². The zero-order chi connectivity index (χ0) is 16.4. The molecule has 7 heteroatoms. The van der Waals surface area contributed by atoms with Crippen molar-refractivity contribution in [2.24, 2.45) is 0 Å². The van der Waals surface area contributed by atoms with E-state index < -0.39 is 4.92 Å². The third-order valence-electron chi connectivity index (χ3n) is 3.63. The Hall–Kier alpha value is -2.41. The summed E-state index contributed by atoms with van der Waals surface area (Å²) in [6.45, 7) is 2.64. The first-order chi connectivity index (χ1) is 11.1. The first kappa shape index (κ1) is 15.5. The van der Waals surface area contributed by atoms with Gasteiger partial charge in [0.2, 0.25) is 0 Å². The number of aromatic nitrogens is 1. The molecule has 2 aromatic rings. The summed E-state index contributed by atoms with van der Waals surface area (Å²) in [5, 5.41) is 11.6. The average molecular weight is 329 g/mol. The maximum Gasteiger partial charge on any atom is 0.270 e. The summed E-state index contributed by atoms with van der Waals surface area (Å²) < 4.78 is 0. The van der Waals surface area contributed by atoms with E-state index in [2.05, 4.69) is 11.9 Å². The predicted molar refractivity (Wildman–Crippen MR) is 88.0 cm³/mol. The van der Waals surface area contributed by atoms with E-state index in [1.54, 1.807) is 29.3 Å². The van der Waals surface area contributed by atoms with Crippen LogP contribution in [0.5, 0.6) is 0 Å². The summed E-state index contributed by atoms with van der Waals surface area (Å²) in [7, 11) is 0. The van der Waals surface area contributed by atoms with Gasteiger partial charge in [-0.05, 0) is 24.6 Å². The van der Waals surface area contributed by atoms with Crippen LogP contribution in [0.3, 0.4) is 0 Å². The molecule has 0 radical (unpaired) electrons. The quantitative estimate of drug-likeness (QED) is 0.628. The molecular formula is C16H15N3O3S. The number of nitro groups is 1. The van der Waals surface area contributed by atoms with Crippen LogP contribution in [-0.4, -0.2) is 22.4 Å². The number of hydrogen-bond donors (Lipinski definition) is 0. The summed E-state index contributed by atoms with van der Waals surface area (Å²) in [5.41, 5.74) is 1.25. The normalized spacial score (nSPS) is 13.3. The Morgan fingerprint density at radius 1 is 1.35 bits per heavy atom. The van der Waals surface area contributed by atoms with Crippen LogP contribution in [0, 0.1) is 10.1 Å². The van der Waals surface area contributed by atoms with Gasteiger partial charge in [0.15, 0.2) is 0 Å². The molecule has 1 amide bonds. The Balaban J connectivity index is 2.14. The number of nitrogens with zero attached hydrogens (tertiary/aromatic N) is 3. The summed E-state index contributed by atoms with van der Waals surface area (Å²) in [6, 6.07) is 8.08. The minimum atomic E-state index is -0.427. The van der Waals surface area contributed by atoms with Gasteiger partial charge in [0.05, 0.1) is 16.2 Å². The first-order valence-electron chi connectivity index (χ1n) is 7.35. The van der Waals surface area contributed by atoms with Crippen molar-refractivity contribution in [3.63, 3.8) is 0 Å². The van der Waals surface area contributed by atoms with Gasteiger partial charge in [-0.2, -0.15) is 0 Å². The summed E-state index contributed by atoms with van der Waals surface area (Å²) in [6.07, 6.45) is 3.44. The molecule has 0 atom stereocenters. The molecule has 0 fully saturated rings. The molecule has 1 aromatic heterocycles. The third kappa shape index (κ3) is 2.92. The lowest BCUT2D eigenvalue weighted by Gasteiger charge is -2.22. The lowest BCUT2D eigenvalue weighted by Crippen LogP contribution is -2.31. The van der Waals surface area contributed by atoms with E-state index in [-0.39, 0.29) is 11.6 Å². The molecule has 0 saturated carbocycles. The molecule has 2 heterocycles. The highest BCUT2D eigenvalue weighted by Crippen LogP contribution is 2.41. The van der Waals surface area contributed by atoms with Crippen molar-refractivity contribution < 1.29 is 9.72 Å². The SMILES string of the molecule is CCCCN1C(=O)c2cccnc2Sc2cc([N+](=O)[O-])ccc21. The van der Waals surface area contributed by atoms with E-state index in [0.29, 0.717) is 27.7 Å².